The Morgan fingerprint density at radius 3 is 1.75 bits per heavy atom. The first-order valence-corrected chi connectivity index (χ1v) is 5.51. The molecule has 0 aliphatic carbocycles. The van der Waals surface area contributed by atoms with Crippen LogP contribution in [-0.4, -0.2) is 36.6 Å². The van der Waals surface area contributed by atoms with Gasteiger partial charge in [0.2, 0.25) is 11.5 Å². The molecule has 0 unspecified atom stereocenters. The number of nitrogens with zero attached hydrogens (tertiary/aromatic N) is 2. The summed E-state index contributed by atoms with van der Waals surface area (Å²) in [6.45, 7) is 2.22. The third kappa shape index (κ3) is 1.50. The number of rotatable bonds is 0. The first-order valence-electron chi connectivity index (χ1n) is 4.75. The van der Waals surface area contributed by atoms with Crippen molar-refractivity contribution >= 4 is 23.2 Å². The highest BCUT2D eigenvalue weighted by molar-refractivity contribution is 6.33. The fraction of sp³-hybridized carbons (Fsp3) is 0.556. The summed E-state index contributed by atoms with van der Waals surface area (Å²) >= 11 is 11.7. The lowest BCUT2D eigenvalue weighted by Gasteiger charge is -2.38. The molecule has 16 heavy (non-hydrogen) atoms. The lowest BCUT2D eigenvalue weighted by Crippen LogP contribution is -2.50. The maximum absolute atomic E-state index is 5.87. The van der Waals surface area contributed by atoms with Gasteiger partial charge in [-0.2, -0.15) is 0 Å². The summed E-state index contributed by atoms with van der Waals surface area (Å²) in [4.78, 5) is 0. The number of halogens is 2. The van der Waals surface area contributed by atoms with Crippen LogP contribution in [0.2, 0.25) is 10.3 Å². The van der Waals surface area contributed by atoms with Crippen molar-refractivity contribution in [3.8, 4) is 11.5 Å². The van der Waals surface area contributed by atoms with Crippen molar-refractivity contribution in [1.29, 1.82) is 0 Å². The molecular formula is C9H8Cl2N2O3. The Kier molecular flexibility index (Phi) is 2.34. The van der Waals surface area contributed by atoms with Crippen molar-refractivity contribution in [1.82, 2.24) is 10.2 Å². The minimum Gasteiger partial charge on any atom is -0.486 e. The summed E-state index contributed by atoms with van der Waals surface area (Å²) in [5.41, 5.74) is -0.0916. The molecule has 0 radical (unpaired) electrons. The van der Waals surface area contributed by atoms with Crippen LogP contribution in [0.15, 0.2) is 0 Å². The largest absolute Gasteiger partial charge is 0.486 e. The maximum Gasteiger partial charge on any atom is 0.204 e. The van der Waals surface area contributed by atoms with E-state index in [1.54, 1.807) is 0 Å². The number of aromatic nitrogens is 2. The van der Waals surface area contributed by atoms with E-state index in [0.717, 1.165) is 0 Å². The van der Waals surface area contributed by atoms with Crippen LogP contribution < -0.4 is 9.47 Å². The third-order valence-electron chi connectivity index (χ3n) is 2.67. The van der Waals surface area contributed by atoms with Crippen molar-refractivity contribution in [3.05, 3.63) is 10.3 Å². The van der Waals surface area contributed by atoms with Gasteiger partial charge in [-0.15, -0.1) is 10.2 Å². The smallest absolute Gasteiger partial charge is 0.204 e. The molecule has 0 atom stereocenters. The van der Waals surface area contributed by atoms with Crippen molar-refractivity contribution in [3.63, 3.8) is 0 Å². The van der Waals surface area contributed by atoms with E-state index in [1.165, 1.54) is 0 Å². The molecule has 1 fully saturated rings. The SMILES string of the molecule is Clc1nnc(Cl)c2c1OCC1(COC1)CO2. The van der Waals surface area contributed by atoms with Crippen molar-refractivity contribution in [2.24, 2.45) is 5.41 Å². The van der Waals surface area contributed by atoms with E-state index in [4.69, 9.17) is 37.4 Å². The molecule has 5 nitrogen and oxygen atoms in total. The first kappa shape index (κ1) is 10.4. The average Bonchev–Trinajstić information content (AvgIpc) is 2.43. The highest BCUT2D eigenvalue weighted by atomic mass is 35.5. The number of fused-ring (bicyclic) bond motifs is 1. The van der Waals surface area contributed by atoms with Crippen molar-refractivity contribution in [2.45, 2.75) is 0 Å². The van der Waals surface area contributed by atoms with Gasteiger partial charge in [-0.05, 0) is 0 Å². The highest BCUT2D eigenvalue weighted by Gasteiger charge is 2.43. The number of ether oxygens (including phenoxy) is 3. The zero-order valence-electron chi connectivity index (χ0n) is 8.20. The summed E-state index contributed by atoms with van der Waals surface area (Å²) in [7, 11) is 0. The Balaban J connectivity index is 1.96. The molecule has 1 spiro atoms. The highest BCUT2D eigenvalue weighted by Crippen LogP contribution is 2.43. The Labute approximate surface area is 102 Å². The second-order valence-electron chi connectivity index (χ2n) is 4.01. The summed E-state index contributed by atoms with van der Waals surface area (Å²) < 4.78 is 16.4. The summed E-state index contributed by atoms with van der Waals surface area (Å²) in [6.07, 6.45) is 0. The summed E-state index contributed by atoms with van der Waals surface area (Å²) in [6, 6.07) is 0. The topological polar surface area (TPSA) is 53.5 Å². The zero-order valence-corrected chi connectivity index (χ0v) is 9.72. The normalized spacial score (nSPS) is 21.4. The molecule has 2 aliphatic rings. The van der Waals surface area contributed by atoms with Gasteiger partial charge in [0.25, 0.3) is 0 Å². The molecule has 7 heteroatoms. The summed E-state index contributed by atoms with van der Waals surface area (Å²) in [5.74, 6) is 0.732. The monoisotopic (exact) mass is 262 g/mol. The second kappa shape index (κ2) is 3.61. The molecule has 0 N–H and O–H groups in total. The predicted octanol–water partition coefficient (Wildman–Crippen LogP) is 1.57. The Morgan fingerprint density at radius 2 is 1.38 bits per heavy atom. The van der Waals surface area contributed by atoms with Gasteiger partial charge in [-0.25, -0.2) is 0 Å². The standard InChI is InChI=1S/C9H8Cl2N2O3/c10-7-5-6(8(11)13-12-7)16-4-9(3-15-5)1-14-2-9/h1-4H2. The molecule has 1 aromatic heterocycles. The third-order valence-corrected chi connectivity index (χ3v) is 3.16. The van der Waals surface area contributed by atoms with Crippen LogP contribution >= 0.6 is 23.2 Å². The fourth-order valence-corrected chi connectivity index (χ4v) is 2.02. The maximum atomic E-state index is 5.87. The Bertz CT molecular complexity index is 402. The van der Waals surface area contributed by atoms with Crippen LogP contribution in [0.5, 0.6) is 11.5 Å². The molecule has 86 valence electrons. The molecule has 0 saturated carbocycles. The minimum absolute atomic E-state index is 0.0916. The molecule has 0 aromatic carbocycles. The van der Waals surface area contributed by atoms with E-state index < -0.39 is 0 Å². The lowest BCUT2D eigenvalue weighted by atomic mass is 9.88. The van der Waals surface area contributed by atoms with Crippen LogP contribution in [0.1, 0.15) is 0 Å². The molecule has 1 saturated heterocycles. The molecule has 3 heterocycles. The van der Waals surface area contributed by atoms with Crippen LogP contribution in [0, 0.1) is 5.41 Å². The van der Waals surface area contributed by atoms with Crippen LogP contribution in [0.3, 0.4) is 0 Å². The van der Waals surface area contributed by atoms with Crippen LogP contribution in [-0.2, 0) is 4.74 Å². The van der Waals surface area contributed by atoms with E-state index >= 15 is 0 Å². The van der Waals surface area contributed by atoms with Gasteiger partial charge in [0.1, 0.15) is 13.2 Å². The van der Waals surface area contributed by atoms with Gasteiger partial charge in [-0.1, -0.05) is 23.2 Å². The molecule has 0 amide bonds. The van der Waals surface area contributed by atoms with E-state index in [9.17, 15) is 0 Å². The molecular weight excluding hydrogens is 255 g/mol. The van der Waals surface area contributed by atoms with Gasteiger partial charge < -0.3 is 14.2 Å². The van der Waals surface area contributed by atoms with E-state index in [-0.39, 0.29) is 15.7 Å². The van der Waals surface area contributed by atoms with Gasteiger partial charge in [-0.3, -0.25) is 0 Å². The number of hydrogen-bond acceptors (Lipinski definition) is 5. The van der Waals surface area contributed by atoms with Gasteiger partial charge in [0.15, 0.2) is 10.3 Å². The Hall–Kier alpha value is -0.780. The molecule has 0 bridgehead atoms. The van der Waals surface area contributed by atoms with Gasteiger partial charge in [0, 0.05) is 0 Å². The van der Waals surface area contributed by atoms with E-state index in [0.29, 0.717) is 37.9 Å². The van der Waals surface area contributed by atoms with E-state index in [1.807, 2.05) is 0 Å². The minimum atomic E-state index is -0.0916. The lowest BCUT2D eigenvalue weighted by molar-refractivity contribution is -0.143. The molecule has 2 aliphatic heterocycles. The van der Waals surface area contributed by atoms with Crippen LogP contribution in [0.25, 0.3) is 0 Å². The number of hydrogen-bond donors (Lipinski definition) is 0. The van der Waals surface area contributed by atoms with E-state index in [2.05, 4.69) is 10.2 Å². The Morgan fingerprint density at radius 1 is 0.875 bits per heavy atom. The summed E-state index contributed by atoms with van der Waals surface area (Å²) in [5, 5.41) is 7.67. The van der Waals surface area contributed by atoms with Crippen molar-refractivity contribution < 1.29 is 14.2 Å². The van der Waals surface area contributed by atoms with Crippen LogP contribution in [0.4, 0.5) is 0 Å². The predicted molar refractivity (Wildman–Crippen MR) is 56.3 cm³/mol. The first-order chi connectivity index (χ1) is 7.70. The van der Waals surface area contributed by atoms with Gasteiger partial charge in [0.05, 0.1) is 18.6 Å². The fourth-order valence-electron chi connectivity index (χ4n) is 1.67. The second-order valence-corrected chi connectivity index (χ2v) is 4.73. The zero-order chi connectivity index (χ0) is 11.2. The van der Waals surface area contributed by atoms with Crippen molar-refractivity contribution in [2.75, 3.05) is 26.4 Å². The molecule has 3 rings (SSSR count). The molecule has 1 aromatic rings. The average molecular weight is 263 g/mol. The van der Waals surface area contributed by atoms with Gasteiger partial charge >= 0.3 is 0 Å². The quantitative estimate of drug-likeness (QED) is 0.711.